The average molecular weight is 514 g/mol. The molecular weight excluding hydrogens is 481 g/mol. The Balaban J connectivity index is 1.57. The summed E-state index contributed by atoms with van der Waals surface area (Å²) in [4.78, 5) is 28.9. The van der Waals surface area contributed by atoms with Gasteiger partial charge in [0.15, 0.2) is 5.78 Å². The quantitative estimate of drug-likeness (QED) is 0.438. The molecule has 1 amide bonds. The van der Waals surface area contributed by atoms with Crippen molar-refractivity contribution in [2.75, 3.05) is 23.9 Å². The summed E-state index contributed by atoms with van der Waals surface area (Å²) in [6.45, 7) is 4.34. The van der Waals surface area contributed by atoms with Gasteiger partial charge in [0.1, 0.15) is 11.6 Å². The van der Waals surface area contributed by atoms with Crippen LogP contribution in [0.15, 0.2) is 84.1 Å². The number of carbonyl (C=O) groups is 2. The molecule has 3 aromatic rings. The van der Waals surface area contributed by atoms with E-state index in [-0.39, 0.29) is 30.2 Å². The van der Waals surface area contributed by atoms with Gasteiger partial charge in [-0.05, 0) is 36.1 Å². The average Bonchev–Trinajstić information content (AvgIpc) is 3.01. The fourth-order valence-electron chi connectivity index (χ4n) is 5.50. The van der Waals surface area contributed by atoms with Gasteiger partial charge in [-0.1, -0.05) is 62.4 Å². The summed E-state index contributed by atoms with van der Waals surface area (Å²) in [6.07, 6.45) is 0.990. The van der Waals surface area contributed by atoms with Gasteiger partial charge in [-0.2, -0.15) is 0 Å². The third-order valence-corrected chi connectivity index (χ3v) is 7.19. The van der Waals surface area contributed by atoms with Gasteiger partial charge >= 0.3 is 0 Å². The molecule has 0 fully saturated rings. The molecule has 196 valence electrons. The standard InChI is InChI=1S/C31H32FN3O3/c1-31(2)16-24-29(26(36)17-31)30(21-11-5-6-12-22(21)32)35(25-14-8-7-13-23(25)34-24)19-28(37)33-18-20-10-4-9-15-27(20)38-3/h4-15,30,34H,16-19H2,1-3H3,(H,33,37). The number of ketones is 1. The lowest BCUT2D eigenvalue weighted by Gasteiger charge is -2.38. The lowest BCUT2D eigenvalue weighted by atomic mass is 9.73. The Morgan fingerprint density at radius 2 is 1.76 bits per heavy atom. The van der Waals surface area contributed by atoms with Gasteiger partial charge in [-0.3, -0.25) is 9.59 Å². The Kier molecular flexibility index (Phi) is 6.93. The molecule has 2 N–H and O–H groups in total. The predicted octanol–water partition coefficient (Wildman–Crippen LogP) is 5.77. The van der Waals surface area contributed by atoms with Crippen LogP contribution in [0.5, 0.6) is 5.75 Å². The molecule has 7 heteroatoms. The number of nitrogens with one attached hydrogen (secondary N) is 2. The number of hydrogen-bond donors (Lipinski definition) is 2. The molecule has 2 aliphatic rings. The summed E-state index contributed by atoms with van der Waals surface area (Å²) in [7, 11) is 1.59. The Morgan fingerprint density at radius 3 is 2.55 bits per heavy atom. The van der Waals surface area contributed by atoms with Crippen LogP contribution in [0.2, 0.25) is 0 Å². The van der Waals surface area contributed by atoms with Crippen molar-refractivity contribution in [2.45, 2.75) is 39.3 Å². The first-order valence-electron chi connectivity index (χ1n) is 12.8. The molecule has 6 nitrogen and oxygen atoms in total. The third kappa shape index (κ3) is 5.01. The lowest BCUT2D eigenvalue weighted by molar-refractivity contribution is -0.121. The molecule has 0 spiro atoms. The third-order valence-electron chi connectivity index (χ3n) is 7.19. The van der Waals surface area contributed by atoms with Crippen LogP contribution in [0.25, 0.3) is 0 Å². The highest BCUT2D eigenvalue weighted by Crippen LogP contribution is 2.48. The number of anilines is 2. The first-order chi connectivity index (χ1) is 18.3. The Bertz CT molecular complexity index is 1410. The molecule has 0 aromatic heterocycles. The monoisotopic (exact) mass is 513 g/mol. The van der Waals surface area contributed by atoms with Gasteiger partial charge in [0.25, 0.3) is 0 Å². The van der Waals surface area contributed by atoms with E-state index in [2.05, 4.69) is 24.5 Å². The van der Waals surface area contributed by atoms with Crippen molar-refractivity contribution in [3.63, 3.8) is 0 Å². The SMILES string of the molecule is COc1ccccc1CNC(=O)CN1c2ccccc2NC2=C(C(=O)CC(C)(C)C2)C1c1ccccc1F. The van der Waals surface area contributed by atoms with Crippen molar-refractivity contribution in [2.24, 2.45) is 5.41 Å². The number of fused-ring (bicyclic) bond motifs is 1. The highest BCUT2D eigenvalue weighted by atomic mass is 19.1. The fourth-order valence-corrected chi connectivity index (χ4v) is 5.50. The van der Waals surface area contributed by atoms with Crippen LogP contribution in [0.3, 0.4) is 0 Å². The summed E-state index contributed by atoms with van der Waals surface area (Å²) in [5.41, 5.74) is 3.78. The number of nitrogens with zero attached hydrogens (tertiary/aromatic N) is 1. The summed E-state index contributed by atoms with van der Waals surface area (Å²) < 4.78 is 20.8. The molecule has 1 atom stereocenters. The van der Waals surface area contributed by atoms with E-state index in [0.717, 1.165) is 22.6 Å². The second-order valence-electron chi connectivity index (χ2n) is 10.6. The van der Waals surface area contributed by atoms with Gasteiger partial charge in [0.05, 0.1) is 31.1 Å². The van der Waals surface area contributed by atoms with E-state index >= 15 is 4.39 Å². The molecule has 0 saturated carbocycles. The normalized spacial score (nSPS) is 18.2. The number of amides is 1. The Morgan fingerprint density at radius 1 is 1.05 bits per heavy atom. The van der Waals surface area contributed by atoms with Gasteiger partial charge in [-0.25, -0.2) is 4.39 Å². The van der Waals surface area contributed by atoms with Gasteiger partial charge in [0.2, 0.25) is 5.91 Å². The smallest absolute Gasteiger partial charge is 0.239 e. The molecule has 0 saturated heterocycles. The van der Waals surface area contributed by atoms with E-state index in [9.17, 15) is 9.59 Å². The van der Waals surface area contributed by atoms with E-state index in [0.29, 0.717) is 29.7 Å². The van der Waals surface area contributed by atoms with Crippen molar-refractivity contribution >= 4 is 23.1 Å². The van der Waals surface area contributed by atoms with Crippen LogP contribution in [0.4, 0.5) is 15.8 Å². The zero-order valence-corrected chi connectivity index (χ0v) is 21.9. The number of para-hydroxylation sites is 3. The number of allylic oxidation sites excluding steroid dienone is 1. The van der Waals surface area contributed by atoms with E-state index in [1.54, 1.807) is 25.3 Å². The minimum atomic E-state index is -0.761. The predicted molar refractivity (Wildman–Crippen MR) is 146 cm³/mol. The summed E-state index contributed by atoms with van der Waals surface area (Å²) in [6, 6.07) is 20.9. The number of rotatable bonds is 6. The van der Waals surface area contributed by atoms with E-state index in [4.69, 9.17) is 4.74 Å². The summed E-state index contributed by atoms with van der Waals surface area (Å²) >= 11 is 0. The maximum absolute atomic E-state index is 15.4. The number of methoxy groups -OCH3 is 1. The van der Waals surface area contributed by atoms with E-state index < -0.39 is 11.9 Å². The van der Waals surface area contributed by atoms with Gasteiger partial charge < -0.3 is 20.3 Å². The molecule has 1 aliphatic heterocycles. The highest BCUT2D eigenvalue weighted by molar-refractivity contribution is 6.01. The molecule has 1 unspecified atom stereocenters. The zero-order chi connectivity index (χ0) is 26.9. The molecule has 1 heterocycles. The number of carbonyl (C=O) groups excluding carboxylic acids is 2. The number of halogens is 1. The zero-order valence-electron chi connectivity index (χ0n) is 21.9. The molecule has 1 aliphatic carbocycles. The lowest BCUT2D eigenvalue weighted by Crippen LogP contribution is -2.42. The molecule has 0 bridgehead atoms. The maximum Gasteiger partial charge on any atom is 0.239 e. The van der Waals surface area contributed by atoms with Crippen LogP contribution in [-0.4, -0.2) is 25.3 Å². The van der Waals surface area contributed by atoms with E-state index in [1.165, 1.54) is 6.07 Å². The van der Waals surface area contributed by atoms with Crippen molar-refractivity contribution in [3.8, 4) is 5.75 Å². The van der Waals surface area contributed by atoms with E-state index in [1.807, 2.05) is 53.4 Å². The minimum Gasteiger partial charge on any atom is -0.496 e. The van der Waals surface area contributed by atoms with Crippen molar-refractivity contribution < 1.29 is 18.7 Å². The highest BCUT2D eigenvalue weighted by Gasteiger charge is 2.42. The Labute approximate surface area is 222 Å². The van der Waals surface area contributed by atoms with Crippen molar-refractivity contribution in [1.82, 2.24) is 5.32 Å². The van der Waals surface area contributed by atoms with Crippen LogP contribution >= 0.6 is 0 Å². The van der Waals surface area contributed by atoms with Crippen LogP contribution in [0.1, 0.15) is 43.9 Å². The van der Waals surface area contributed by atoms with Crippen LogP contribution < -0.4 is 20.3 Å². The molecular formula is C31H32FN3O3. The minimum absolute atomic E-state index is 0.0377. The van der Waals surface area contributed by atoms with Crippen LogP contribution in [-0.2, 0) is 16.1 Å². The van der Waals surface area contributed by atoms with Crippen LogP contribution in [0, 0.1) is 11.2 Å². The second-order valence-corrected chi connectivity index (χ2v) is 10.6. The van der Waals surface area contributed by atoms with Crippen molar-refractivity contribution in [3.05, 3.63) is 101 Å². The summed E-state index contributed by atoms with van der Waals surface area (Å²) in [5, 5.41) is 6.47. The second kappa shape index (κ2) is 10.3. The number of Topliss-reactive ketones (excluding diaryl/α,β-unsaturated/α-hetero) is 1. The molecule has 38 heavy (non-hydrogen) atoms. The number of hydrogen-bond acceptors (Lipinski definition) is 5. The number of ether oxygens (including phenoxy) is 1. The Hall–Kier alpha value is -4.13. The fraction of sp³-hybridized carbons (Fsp3) is 0.290. The molecule has 5 rings (SSSR count). The first kappa shape index (κ1) is 25.5. The largest absolute Gasteiger partial charge is 0.496 e. The van der Waals surface area contributed by atoms with Gasteiger partial charge in [-0.15, -0.1) is 0 Å². The van der Waals surface area contributed by atoms with Gasteiger partial charge in [0, 0.05) is 35.4 Å². The van der Waals surface area contributed by atoms with Crippen molar-refractivity contribution in [1.29, 1.82) is 0 Å². The first-order valence-corrected chi connectivity index (χ1v) is 12.8. The number of benzene rings is 3. The molecule has 0 radical (unpaired) electrons. The summed E-state index contributed by atoms with van der Waals surface area (Å²) in [5.74, 6) is -0.0173. The molecule has 3 aromatic carbocycles. The topological polar surface area (TPSA) is 70.7 Å². The maximum atomic E-state index is 15.4.